The van der Waals surface area contributed by atoms with Gasteiger partial charge in [-0.3, -0.25) is 4.79 Å². The first-order chi connectivity index (χ1) is 13.3. The lowest BCUT2D eigenvalue weighted by atomic mass is 9.90. The van der Waals surface area contributed by atoms with Gasteiger partial charge in [-0.2, -0.15) is 0 Å². The molecule has 136 valence electrons. The molecule has 0 spiro atoms. The molecule has 1 amide bonds. The number of fused-ring (bicyclic) bond motifs is 1. The summed E-state index contributed by atoms with van der Waals surface area (Å²) in [6.07, 6.45) is 3.51. The maximum Gasteiger partial charge on any atom is 0.287 e. The monoisotopic (exact) mass is 360 g/mol. The second kappa shape index (κ2) is 7.41. The number of furan rings is 1. The zero-order valence-electron chi connectivity index (χ0n) is 14.9. The number of hydrogen-bond donors (Lipinski definition) is 2. The van der Waals surface area contributed by atoms with Crippen molar-refractivity contribution in [2.45, 2.75) is 5.92 Å². The van der Waals surface area contributed by atoms with Crippen molar-refractivity contribution in [3.8, 4) is 5.75 Å². The Morgan fingerprint density at radius 3 is 2.67 bits per heavy atom. The van der Waals surface area contributed by atoms with Crippen molar-refractivity contribution in [1.29, 1.82) is 0 Å². The number of aromatic nitrogens is 1. The molecule has 2 aromatic heterocycles. The summed E-state index contributed by atoms with van der Waals surface area (Å²) in [7, 11) is 1.65. The Kier molecular flexibility index (Phi) is 4.66. The largest absolute Gasteiger partial charge is 0.497 e. The maximum absolute atomic E-state index is 12.3. The first-order valence-electron chi connectivity index (χ1n) is 8.78. The predicted octanol–water partition coefficient (Wildman–Crippen LogP) is 4.33. The first-order valence-corrected chi connectivity index (χ1v) is 8.78. The number of para-hydroxylation sites is 1. The predicted molar refractivity (Wildman–Crippen MR) is 104 cm³/mol. The van der Waals surface area contributed by atoms with Crippen LogP contribution in [0, 0.1) is 0 Å². The van der Waals surface area contributed by atoms with Crippen molar-refractivity contribution in [3.05, 3.63) is 90.0 Å². The summed E-state index contributed by atoms with van der Waals surface area (Å²) in [5, 5.41) is 4.13. The number of amides is 1. The summed E-state index contributed by atoms with van der Waals surface area (Å²) in [5.74, 6) is 0.878. The number of H-pyrrole nitrogens is 1. The lowest BCUT2D eigenvalue weighted by Gasteiger charge is -2.18. The molecule has 0 aliphatic heterocycles. The summed E-state index contributed by atoms with van der Waals surface area (Å²) >= 11 is 0. The van der Waals surface area contributed by atoms with E-state index in [1.807, 2.05) is 48.7 Å². The third-order valence-corrected chi connectivity index (χ3v) is 4.73. The second-order valence-corrected chi connectivity index (χ2v) is 6.30. The molecule has 2 aromatic carbocycles. The van der Waals surface area contributed by atoms with E-state index in [1.54, 1.807) is 19.2 Å². The highest BCUT2D eigenvalue weighted by Gasteiger charge is 2.20. The lowest BCUT2D eigenvalue weighted by Crippen LogP contribution is -2.28. The smallest absolute Gasteiger partial charge is 0.287 e. The van der Waals surface area contributed by atoms with Crippen LogP contribution in [0.2, 0.25) is 0 Å². The third kappa shape index (κ3) is 3.44. The highest BCUT2D eigenvalue weighted by atomic mass is 16.5. The van der Waals surface area contributed by atoms with Crippen molar-refractivity contribution in [1.82, 2.24) is 10.3 Å². The van der Waals surface area contributed by atoms with Gasteiger partial charge in [0, 0.05) is 29.6 Å². The van der Waals surface area contributed by atoms with E-state index < -0.39 is 0 Å². The van der Waals surface area contributed by atoms with E-state index in [-0.39, 0.29) is 11.8 Å². The average Bonchev–Trinajstić information content (AvgIpc) is 3.39. The van der Waals surface area contributed by atoms with Crippen molar-refractivity contribution < 1.29 is 13.9 Å². The zero-order valence-corrected chi connectivity index (χ0v) is 14.9. The number of carbonyl (C=O) groups excluding carboxylic acids is 1. The Bertz CT molecular complexity index is 1030. The number of aromatic amines is 1. The fraction of sp³-hybridized carbons (Fsp3) is 0.136. The van der Waals surface area contributed by atoms with E-state index in [9.17, 15) is 4.79 Å². The molecule has 2 heterocycles. The molecular formula is C22H20N2O3. The molecule has 2 N–H and O–H groups in total. The molecule has 4 rings (SSSR count). The Morgan fingerprint density at radius 2 is 1.93 bits per heavy atom. The van der Waals surface area contributed by atoms with Gasteiger partial charge in [0.05, 0.1) is 13.4 Å². The quantitative estimate of drug-likeness (QED) is 0.538. The van der Waals surface area contributed by atoms with Crippen LogP contribution in [0.3, 0.4) is 0 Å². The van der Waals surface area contributed by atoms with Crippen LogP contribution >= 0.6 is 0 Å². The van der Waals surface area contributed by atoms with Crippen LogP contribution in [-0.4, -0.2) is 24.5 Å². The molecule has 1 atom stereocenters. The van der Waals surface area contributed by atoms with Gasteiger partial charge in [-0.1, -0.05) is 30.3 Å². The maximum atomic E-state index is 12.3. The topological polar surface area (TPSA) is 67.3 Å². The van der Waals surface area contributed by atoms with Crippen LogP contribution in [0.5, 0.6) is 5.75 Å². The number of benzene rings is 2. The van der Waals surface area contributed by atoms with Crippen LogP contribution in [0.1, 0.15) is 27.6 Å². The number of methoxy groups -OCH3 is 1. The van der Waals surface area contributed by atoms with Gasteiger partial charge in [0.25, 0.3) is 5.91 Å². The Morgan fingerprint density at radius 1 is 1.11 bits per heavy atom. The van der Waals surface area contributed by atoms with E-state index in [0.29, 0.717) is 12.3 Å². The molecule has 27 heavy (non-hydrogen) atoms. The molecule has 4 aromatic rings. The normalized spacial score (nSPS) is 12.0. The fourth-order valence-electron chi connectivity index (χ4n) is 3.32. The summed E-state index contributed by atoms with van der Waals surface area (Å²) in [4.78, 5) is 15.7. The van der Waals surface area contributed by atoms with Crippen LogP contribution in [0.25, 0.3) is 10.9 Å². The van der Waals surface area contributed by atoms with Crippen LogP contribution < -0.4 is 10.1 Å². The minimum absolute atomic E-state index is 0.00836. The van der Waals surface area contributed by atoms with Gasteiger partial charge in [-0.15, -0.1) is 0 Å². The van der Waals surface area contributed by atoms with Crippen LogP contribution in [0.4, 0.5) is 0 Å². The molecule has 0 aliphatic carbocycles. The minimum Gasteiger partial charge on any atom is -0.497 e. The minimum atomic E-state index is -0.224. The zero-order chi connectivity index (χ0) is 18.6. The lowest BCUT2D eigenvalue weighted by molar-refractivity contribution is 0.0925. The number of carbonyl (C=O) groups is 1. The van der Waals surface area contributed by atoms with E-state index in [0.717, 1.165) is 27.8 Å². The first kappa shape index (κ1) is 17.0. The van der Waals surface area contributed by atoms with E-state index in [4.69, 9.17) is 9.15 Å². The van der Waals surface area contributed by atoms with Gasteiger partial charge in [0.2, 0.25) is 0 Å². The molecule has 0 saturated heterocycles. The number of hydrogen-bond acceptors (Lipinski definition) is 3. The summed E-state index contributed by atoms with van der Waals surface area (Å²) in [5.41, 5.74) is 3.30. The number of rotatable bonds is 6. The molecule has 0 aliphatic rings. The van der Waals surface area contributed by atoms with E-state index in [2.05, 4.69) is 16.4 Å². The average molecular weight is 360 g/mol. The van der Waals surface area contributed by atoms with E-state index >= 15 is 0 Å². The summed E-state index contributed by atoms with van der Waals surface area (Å²) in [6, 6.07) is 19.5. The third-order valence-electron chi connectivity index (χ3n) is 4.73. The Labute approximate surface area is 157 Å². The second-order valence-electron chi connectivity index (χ2n) is 6.30. The highest BCUT2D eigenvalue weighted by molar-refractivity contribution is 5.91. The van der Waals surface area contributed by atoms with Gasteiger partial charge in [0.1, 0.15) is 5.75 Å². The van der Waals surface area contributed by atoms with Gasteiger partial charge in [-0.05, 0) is 41.5 Å². The van der Waals surface area contributed by atoms with Crippen molar-refractivity contribution in [2.75, 3.05) is 13.7 Å². The molecule has 5 nitrogen and oxygen atoms in total. The van der Waals surface area contributed by atoms with Crippen molar-refractivity contribution >= 4 is 16.8 Å². The van der Waals surface area contributed by atoms with Gasteiger partial charge >= 0.3 is 0 Å². The summed E-state index contributed by atoms with van der Waals surface area (Å²) < 4.78 is 10.5. The molecule has 0 fully saturated rings. The van der Waals surface area contributed by atoms with Crippen molar-refractivity contribution in [2.24, 2.45) is 0 Å². The highest BCUT2D eigenvalue weighted by Crippen LogP contribution is 2.31. The standard InChI is InChI=1S/C22H20N2O3/c1-26-16-10-8-15(9-11-16)18(13-24-22(25)21-7-4-12-27-21)19-14-23-20-6-3-2-5-17(19)20/h2-12,14,18,23H,13H2,1H3,(H,24,25). The molecule has 5 heteroatoms. The van der Waals surface area contributed by atoms with Gasteiger partial charge < -0.3 is 19.5 Å². The van der Waals surface area contributed by atoms with Crippen LogP contribution in [0.15, 0.2) is 77.5 Å². The van der Waals surface area contributed by atoms with Gasteiger partial charge in [0.15, 0.2) is 5.76 Å². The fourth-order valence-corrected chi connectivity index (χ4v) is 3.32. The van der Waals surface area contributed by atoms with E-state index in [1.165, 1.54) is 6.26 Å². The van der Waals surface area contributed by atoms with Crippen molar-refractivity contribution in [3.63, 3.8) is 0 Å². The van der Waals surface area contributed by atoms with Gasteiger partial charge in [-0.25, -0.2) is 0 Å². The molecule has 1 unspecified atom stereocenters. The molecule has 0 bridgehead atoms. The number of nitrogens with one attached hydrogen (secondary N) is 2. The molecular weight excluding hydrogens is 340 g/mol. The molecule has 0 saturated carbocycles. The Balaban J connectivity index is 1.67. The molecule has 0 radical (unpaired) electrons. The summed E-state index contributed by atoms with van der Waals surface area (Å²) in [6.45, 7) is 0.452. The number of ether oxygens (including phenoxy) is 1. The SMILES string of the molecule is COc1ccc(C(CNC(=O)c2ccco2)c2c[nH]c3ccccc23)cc1. The van der Waals surface area contributed by atoms with Crippen LogP contribution in [-0.2, 0) is 0 Å². The Hall–Kier alpha value is -3.47.